The van der Waals surface area contributed by atoms with E-state index >= 15 is 0 Å². The number of benzene rings is 1. The van der Waals surface area contributed by atoms with Crippen molar-refractivity contribution in [2.45, 2.75) is 0 Å². The fourth-order valence-electron chi connectivity index (χ4n) is 0.792. The number of anilines is 1. The SMILES string of the molecule is N/C=C\N(N)c1ccc(Cl)cc1. The number of hydrazine groups is 1. The second-order valence-corrected chi connectivity index (χ2v) is 2.66. The number of nitrogens with two attached hydrogens (primary N) is 2. The molecule has 0 unspecified atom stereocenters. The van der Waals surface area contributed by atoms with E-state index in [9.17, 15) is 0 Å². The zero-order valence-electron chi connectivity index (χ0n) is 6.44. The van der Waals surface area contributed by atoms with E-state index < -0.39 is 0 Å². The number of rotatable bonds is 2. The first-order chi connectivity index (χ1) is 5.74. The Labute approximate surface area is 76.2 Å². The van der Waals surface area contributed by atoms with Crippen LogP contribution in [0.5, 0.6) is 0 Å². The van der Waals surface area contributed by atoms with Crippen molar-refractivity contribution < 1.29 is 0 Å². The normalized spacial score (nSPS) is 10.5. The van der Waals surface area contributed by atoms with Gasteiger partial charge in [-0.25, -0.2) is 5.84 Å². The average molecular weight is 184 g/mol. The minimum atomic E-state index is 0.684. The van der Waals surface area contributed by atoms with Gasteiger partial charge in [0.15, 0.2) is 0 Å². The maximum atomic E-state index is 5.69. The van der Waals surface area contributed by atoms with Gasteiger partial charge in [0.1, 0.15) is 0 Å². The second kappa shape index (κ2) is 3.99. The van der Waals surface area contributed by atoms with Gasteiger partial charge in [-0.3, -0.25) is 5.01 Å². The summed E-state index contributed by atoms with van der Waals surface area (Å²) in [7, 11) is 0. The van der Waals surface area contributed by atoms with Gasteiger partial charge in [0.05, 0.1) is 5.69 Å². The minimum Gasteiger partial charge on any atom is -0.403 e. The maximum absolute atomic E-state index is 5.69. The monoisotopic (exact) mass is 183 g/mol. The molecule has 4 N–H and O–H groups in total. The van der Waals surface area contributed by atoms with Gasteiger partial charge in [0, 0.05) is 17.4 Å². The fourth-order valence-corrected chi connectivity index (χ4v) is 0.918. The summed E-state index contributed by atoms with van der Waals surface area (Å²) in [6.45, 7) is 0. The lowest BCUT2D eigenvalue weighted by Crippen LogP contribution is -2.24. The van der Waals surface area contributed by atoms with Gasteiger partial charge in [0.2, 0.25) is 0 Å². The molecule has 0 radical (unpaired) electrons. The van der Waals surface area contributed by atoms with Crippen LogP contribution in [0.2, 0.25) is 5.02 Å². The molecule has 0 saturated carbocycles. The minimum absolute atomic E-state index is 0.684. The molecule has 0 aliphatic rings. The average Bonchev–Trinajstić information content (AvgIpc) is 2.06. The van der Waals surface area contributed by atoms with Crippen LogP contribution in [0.25, 0.3) is 0 Å². The maximum Gasteiger partial charge on any atom is 0.0569 e. The molecule has 4 heteroatoms. The van der Waals surface area contributed by atoms with Crippen molar-refractivity contribution in [2.24, 2.45) is 11.6 Å². The van der Waals surface area contributed by atoms with E-state index in [4.69, 9.17) is 23.2 Å². The third-order valence-corrected chi connectivity index (χ3v) is 1.62. The second-order valence-electron chi connectivity index (χ2n) is 2.23. The summed E-state index contributed by atoms with van der Waals surface area (Å²) < 4.78 is 0. The van der Waals surface area contributed by atoms with Crippen molar-refractivity contribution in [3.05, 3.63) is 41.7 Å². The van der Waals surface area contributed by atoms with Crippen LogP contribution >= 0.6 is 11.6 Å². The lowest BCUT2D eigenvalue weighted by Gasteiger charge is -2.12. The molecule has 0 fully saturated rings. The molecule has 1 aromatic carbocycles. The number of hydrogen-bond acceptors (Lipinski definition) is 3. The highest BCUT2D eigenvalue weighted by Crippen LogP contribution is 2.15. The highest BCUT2D eigenvalue weighted by atomic mass is 35.5. The molecule has 0 bridgehead atoms. The quantitative estimate of drug-likeness (QED) is 0.539. The summed E-state index contributed by atoms with van der Waals surface area (Å²) >= 11 is 5.69. The Morgan fingerprint density at radius 1 is 1.25 bits per heavy atom. The topological polar surface area (TPSA) is 55.3 Å². The first-order valence-corrected chi connectivity index (χ1v) is 3.79. The summed E-state index contributed by atoms with van der Waals surface area (Å²) in [5.74, 6) is 5.58. The molecule has 0 aliphatic heterocycles. The lowest BCUT2D eigenvalue weighted by atomic mass is 10.3. The highest BCUT2D eigenvalue weighted by molar-refractivity contribution is 6.30. The van der Waals surface area contributed by atoms with Crippen LogP contribution in [0.3, 0.4) is 0 Å². The number of hydrogen-bond donors (Lipinski definition) is 2. The van der Waals surface area contributed by atoms with E-state index in [0.29, 0.717) is 5.02 Å². The molecule has 0 spiro atoms. The van der Waals surface area contributed by atoms with Crippen LogP contribution in [-0.4, -0.2) is 0 Å². The zero-order chi connectivity index (χ0) is 8.97. The van der Waals surface area contributed by atoms with E-state index in [0.717, 1.165) is 5.69 Å². The predicted octanol–water partition coefficient (Wildman–Crippen LogP) is 1.45. The standard InChI is InChI=1S/C8H10ClN3/c9-7-1-3-8(4-2-7)12(11)6-5-10/h1-6H,10-11H2/b6-5-. The molecule has 0 aromatic heterocycles. The van der Waals surface area contributed by atoms with Crippen molar-refractivity contribution in [2.75, 3.05) is 5.01 Å². The van der Waals surface area contributed by atoms with Gasteiger partial charge in [-0.1, -0.05) is 11.6 Å². The van der Waals surface area contributed by atoms with Gasteiger partial charge in [0.25, 0.3) is 0 Å². The number of nitrogens with zero attached hydrogens (tertiary/aromatic N) is 1. The molecule has 0 atom stereocenters. The smallest absolute Gasteiger partial charge is 0.0569 e. The van der Waals surface area contributed by atoms with Crippen LogP contribution in [-0.2, 0) is 0 Å². The van der Waals surface area contributed by atoms with Gasteiger partial charge in [-0.05, 0) is 24.3 Å². The Hall–Kier alpha value is -1.19. The van der Waals surface area contributed by atoms with E-state index in [1.165, 1.54) is 11.2 Å². The third-order valence-electron chi connectivity index (χ3n) is 1.37. The molecule has 0 heterocycles. The van der Waals surface area contributed by atoms with Crippen LogP contribution in [0, 0.1) is 0 Å². The van der Waals surface area contributed by atoms with Crippen molar-refractivity contribution in [3.63, 3.8) is 0 Å². The Bertz CT molecular complexity index is 268. The zero-order valence-corrected chi connectivity index (χ0v) is 7.20. The Balaban J connectivity index is 2.82. The van der Waals surface area contributed by atoms with Gasteiger partial charge in [-0.2, -0.15) is 0 Å². The van der Waals surface area contributed by atoms with Crippen molar-refractivity contribution in [1.82, 2.24) is 0 Å². The first kappa shape index (κ1) is 8.90. The fraction of sp³-hybridized carbons (Fsp3) is 0. The van der Waals surface area contributed by atoms with Crippen LogP contribution in [0.4, 0.5) is 5.69 Å². The predicted molar refractivity (Wildman–Crippen MR) is 51.4 cm³/mol. The van der Waals surface area contributed by atoms with E-state index in [-0.39, 0.29) is 0 Å². The molecule has 64 valence electrons. The summed E-state index contributed by atoms with van der Waals surface area (Å²) in [5.41, 5.74) is 6.00. The molecule has 0 aliphatic carbocycles. The van der Waals surface area contributed by atoms with Gasteiger partial charge >= 0.3 is 0 Å². The van der Waals surface area contributed by atoms with Crippen LogP contribution in [0.15, 0.2) is 36.7 Å². The van der Waals surface area contributed by atoms with Gasteiger partial charge < -0.3 is 5.73 Å². The number of halogens is 1. The van der Waals surface area contributed by atoms with Gasteiger partial charge in [-0.15, -0.1) is 0 Å². The molecule has 0 amide bonds. The van der Waals surface area contributed by atoms with E-state index in [1.54, 1.807) is 18.3 Å². The molecule has 3 nitrogen and oxygen atoms in total. The largest absolute Gasteiger partial charge is 0.403 e. The van der Waals surface area contributed by atoms with Crippen molar-refractivity contribution in [3.8, 4) is 0 Å². The summed E-state index contributed by atoms with van der Waals surface area (Å²) in [6.07, 6.45) is 2.93. The first-order valence-electron chi connectivity index (χ1n) is 3.42. The Morgan fingerprint density at radius 2 is 1.83 bits per heavy atom. The van der Waals surface area contributed by atoms with Crippen LogP contribution in [0.1, 0.15) is 0 Å². The van der Waals surface area contributed by atoms with Crippen molar-refractivity contribution in [1.29, 1.82) is 0 Å². The summed E-state index contributed by atoms with van der Waals surface area (Å²) in [6, 6.07) is 7.15. The molecule has 1 rings (SSSR count). The van der Waals surface area contributed by atoms with E-state index in [1.807, 2.05) is 12.1 Å². The molecule has 12 heavy (non-hydrogen) atoms. The van der Waals surface area contributed by atoms with E-state index in [2.05, 4.69) is 0 Å². The highest BCUT2D eigenvalue weighted by Gasteiger charge is 1.95. The summed E-state index contributed by atoms with van der Waals surface area (Å²) in [4.78, 5) is 0. The van der Waals surface area contributed by atoms with Crippen LogP contribution < -0.4 is 16.6 Å². The molecular formula is C8H10ClN3. The Morgan fingerprint density at radius 3 is 2.33 bits per heavy atom. The lowest BCUT2D eigenvalue weighted by molar-refractivity contribution is 1.07. The Kier molecular flexibility index (Phi) is 2.96. The molecular weight excluding hydrogens is 174 g/mol. The summed E-state index contributed by atoms with van der Waals surface area (Å²) in [5, 5.41) is 2.10. The molecule has 0 saturated heterocycles. The molecule has 1 aromatic rings. The third kappa shape index (κ3) is 2.15. The van der Waals surface area contributed by atoms with Crippen molar-refractivity contribution >= 4 is 17.3 Å².